The van der Waals surface area contributed by atoms with Crippen LogP contribution >= 0.6 is 34.8 Å². The summed E-state index contributed by atoms with van der Waals surface area (Å²) in [6.45, 7) is 16.9. The fourth-order valence-electron chi connectivity index (χ4n) is 14.6. The van der Waals surface area contributed by atoms with E-state index in [1.165, 1.54) is 79.5 Å². The number of fused-ring (bicyclic) bond motifs is 3. The van der Waals surface area contributed by atoms with Gasteiger partial charge in [0.15, 0.2) is 17.5 Å². The van der Waals surface area contributed by atoms with Crippen molar-refractivity contribution in [2.24, 2.45) is 14.1 Å². The molecule has 6 aromatic carbocycles. The minimum absolute atomic E-state index is 0.00338. The minimum atomic E-state index is -1.08. The first-order chi connectivity index (χ1) is 55.1. The summed E-state index contributed by atoms with van der Waals surface area (Å²) in [5.74, 6) is -0.826. The van der Waals surface area contributed by atoms with Gasteiger partial charge >= 0.3 is 0 Å². The standard InChI is InChI=1S/C28H26ClF2N5O3.C28H28ClFN6O3.C27H26ClFN6O3/c1-15-8-24(36-12-19(31)11-32-36)20-6-5-7-25(27(20)33-15)39-14-22-21(9-18(30)10-23(22)29)16(2)35-13-26(37)34(4)17(3)28(35)38;1-15-9-20(26-31-14-32-35(26)5)18-7-6-8-23(25(18)33-15)39-13-21-19(10-17(30)11-22(21)29)16(2)36-12-24(37)34-28(3,4)27(36)38;1-14-8-20(26-30-13-31-34(26)4)18-6-5-7-23(25(18)32-14)38-12-21-19(9-17(29)10-22(21)28)16(3)35-11-24(36)33-15(2)27(35)37/h5-12,16-17H,13-14H2,1-4H3;6-11,14,16H,12-13H2,1-5H3,(H,34,37);5-10,13,15-16H,11-12H2,1-4H3,(H,33,36)/t16-,17-;16-;15-,16+/m001/s1. The molecule has 26 nitrogen and oxygen atoms in total. The lowest BCUT2D eigenvalue weighted by Gasteiger charge is -2.41. The first kappa shape index (κ1) is 81.9. The Morgan fingerprint density at radius 1 is 0.517 bits per heavy atom. The summed E-state index contributed by atoms with van der Waals surface area (Å²) in [5, 5.41) is 20.6. The molecule has 600 valence electrons. The number of likely N-dealkylation sites (N-methyl/N-ethyl adjacent to an activating group) is 1. The van der Waals surface area contributed by atoms with Gasteiger partial charge in [-0.3, -0.25) is 28.8 Å². The van der Waals surface area contributed by atoms with Crippen LogP contribution in [0, 0.1) is 44.0 Å². The van der Waals surface area contributed by atoms with Crippen molar-refractivity contribution in [1.29, 1.82) is 0 Å². The van der Waals surface area contributed by atoms with Gasteiger partial charge in [-0.2, -0.15) is 15.3 Å². The number of ether oxygens (including phenoxy) is 3. The Morgan fingerprint density at radius 3 is 1.36 bits per heavy atom. The number of piperazine rings is 3. The molecule has 3 saturated heterocycles. The molecule has 0 saturated carbocycles. The number of halogens is 7. The molecule has 15 rings (SSSR count). The van der Waals surface area contributed by atoms with Gasteiger partial charge in [-0.05, 0) is 159 Å². The van der Waals surface area contributed by atoms with Crippen molar-refractivity contribution in [3.05, 3.63) is 223 Å². The number of rotatable bonds is 18. The van der Waals surface area contributed by atoms with Crippen LogP contribution in [-0.4, -0.2) is 154 Å². The number of carbonyl (C=O) groups excluding carboxylic acids is 6. The lowest BCUT2D eigenvalue weighted by Crippen LogP contribution is -2.64. The highest BCUT2D eigenvalue weighted by Gasteiger charge is 2.43. The molecule has 3 fully saturated rings. The molecule has 9 heterocycles. The SMILES string of the molecule is Cc1cc(-c2ncnn2C)c2cccc(OCc3c(Cl)cc(F)cc3[C@H](C)N3CC(=O)NC(C)(C)C3=O)c2n1.Cc1cc(-c2ncnn2C)c2cccc(OCc3c(Cl)cc(F)cc3[C@H](C)N3CC(=O)N[C@H](C)C3=O)c2n1.Cc1cc(-n2cc(F)cn2)c2cccc(OCc3c(Cl)cc(F)cc3[C@H](C)N3CC(=O)N(C)[C@@H](C)C3=O)c2n1. The fourth-order valence-corrected chi connectivity index (χ4v) is 15.4. The van der Waals surface area contributed by atoms with Crippen molar-refractivity contribution in [2.45, 2.75) is 125 Å². The largest absolute Gasteiger partial charge is 0.487 e. The number of aryl methyl sites for hydroxylation is 5. The maximum atomic E-state index is 14.6. The fraction of sp³-hybridized carbons (Fsp3) is 0.301. The maximum absolute atomic E-state index is 14.6. The van der Waals surface area contributed by atoms with Gasteiger partial charge in [0.1, 0.15) is 121 Å². The van der Waals surface area contributed by atoms with E-state index >= 15 is 0 Å². The molecule has 3 aliphatic heterocycles. The second-order valence-electron chi connectivity index (χ2n) is 29.1. The lowest BCUT2D eigenvalue weighted by molar-refractivity contribution is -0.155. The topological polar surface area (TPSA) is 285 Å². The predicted molar refractivity (Wildman–Crippen MR) is 426 cm³/mol. The zero-order chi connectivity index (χ0) is 83.2. The van der Waals surface area contributed by atoms with Crippen molar-refractivity contribution in [3.63, 3.8) is 0 Å². The number of hydrogen-bond donors (Lipinski definition) is 2. The van der Waals surface area contributed by atoms with Crippen LogP contribution in [0.3, 0.4) is 0 Å². The highest BCUT2D eigenvalue weighted by Crippen LogP contribution is 2.41. The van der Waals surface area contributed by atoms with Crippen LogP contribution in [0.1, 0.15) is 117 Å². The van der Waals surface area contributed by atoms with Crippen molar-refractivity contribution >= 4 is 103 Å². The Bertz CT molecular complexity index is 5920. The monoisotopic (exact) mass is 1640 g/mol. The molecule has 6 amide bonds. The van der Waals surface area contributed by atoms with Crippen LogP contribution in [0.4, 0.5) is 17.6 Å². The third kappa shape index (κ3) is 16.7. The molecular formula is C83H80Cl3F4N17O9. The number of carbonyl (C=O) groups is 6. The number of para-hydroxylation sites is 3. The normalized spacial score (nSPS) is 16.4. The maximum Gasteiger partial charge on any atom is 0.248 e. The van der Waals surface area contributed by atoms with E-state index < -0.39 is 59.0 Å². The summed E-state index contributed by atoms with van der Waals surface area (Å²) in [7, 11) is 5.22. The highest BCUT2D eigenvalue weighted by molar-refractivity contribution is 6.32. The van der Waals surface area contributed by atoms with E-state index in [2.05, 4.69) is 40.9 Å². The summed E-state index contributed by atoms with van der Waals surface area (Å²) >= 11 is 19.5. The van der Waals surface area contributed by atoms with Crippen LogP contribution < -0.4 is 24.8 Å². The van der Waals surface area contributed by atoms with Gasteiger partial charge < -0.3 is 44.4 Å². The molecule has 0 unspecified atom stereocenters. The number of benzene rings is 6. The van der Waals surface area contributed by atoms with Gasteiger partial charge in [0.05, 0.1) is 51.3 Å². The third-order valence-corrected chi connectivity index (χ3v) is 21.8. The van der Waals surface area contributed by atoms with Crippen molar-refractivity contribution in [3.8, 4) is 45.7 Å². The van der Waals surface area contributed by atoms with E-state index in [9.17, 15) is 46.3 Å². The van der Waals surface area contributed by atoms with Gasteiger partial charge in [-0.15, -0.1) is 0 Å². The zero-order valence-corrected chi connectivity index (χ0v) is 67.6. The molecule has 0 bridgehead atoms. The quantitative estimate of drug-likeness (QED) is 0.0755. The van der Waals surface area contributed by atoms with Gasteiger partial charge in [0, 0.05) is 82.2 Å². The van der Waals surface area contributed by atoms with Gasteiger partial charge in [-0.1, -0.05) is 71.2 Å². The zero-order valence-electron chi connectivity index (χ0n) is 65.4. The van der Waals surface area contributed by atoms with Crippen LogP contribution in [0.5, 0.6) is 17.2 Å². The van der Waals surface area contributed by atoms with E-state index in [4.69, 9.17) is 59.0 Å². The highest BCUT2D eigenvalue weighted by atomic mass is 35.5. The van der Waals surface area contributed by atoms with Crippen molar-refractivity contribution in [1.82, 2.24) is 84.5 Å². The third-order valence-electron chi connectivity index (χ3n) is 20.8. The van der Waals surface area contributed by atoms with E-state index in [1.807, 2.05) is 77.3 Å². The Balaban J connectivity index is 0.000000151. The Morgan fingerprint density at radius 2 is 0.931 bits per heavy atom. The molecular weight excluding hydrogens is 1560 g/mol. The molecule has 2 N–H and O–H groups in total. The molecule has 0 spiro atoms. The number of aromatic nitrogens is 11. The summed E-state index contributed by atoms with van der Waals surface area (Å²) in [5.41, 5.74) is 8.18. The second kappa shape index (κ2) is 33.4. The predicted octanol–water partition coefficient (Wildman–Crippen LogP) is 13.6. The van der Waals surface area contributed by atoms with Crippen molar-refractivity contribution in [2.75, 3.05) is 26.7 Å². The summed E-state index contributed by atoms with van der Waals surface area (Å²) < 4.78 is 80.7. The number of nitrogens with zero attached hydrogens (tertiary/aromatic N) is 15. The molecule has 3 aliphatic rings. The molecule has 12 aromatic rings. The van der Waals surface area contributed by atoms with Crippen molar-refractivity contribution < 1.29 is 60.5 Å². The average Bonchev–Trinajstić information content (AvgIpc) is 1.09. The van der Waals surface area contributed by atoms with E-state index in [-0.39, 0.29) is 90.0 Å². The average molecular weight is 1640 g/mol. The van der Waals surface area contributed by atoms with E-state index in [0.717, 1.165) is 39.5 Å². The lowest BCUT2D eigenvalue weighted by atomic mass is 9.95. The Labute approximate surface area is 678 Å². The van der Waals surface area contributed by atoms with Gasteiger partial charge in [0.25, 0.3) is 0 Å². The molecule has 33 heteroatoms. The van der Waals surface area contributed by atoms with Gasteiger partial charge in [-0.25, -0.2) is 56.5 Å². The second-order valence-corrected chi connectivity index (χ2v) is 30.4. The Kier molecular flexibility index (Phi) is 23.5. The number of pyridine rings is 3. The molecule has 116 heavy (non-hydrogen) atoms. The van der Waals surface area contributed by atoms with Crippen LogP contribution in [0.15, 0.2) is 134 Å². The summed E-state index contributed by atoms with van der Waals surface area (Å²) in [6, 6.07) is 26.6. The van der Waals surface area contributed by atoms with Crippen LogP contribution in [0.2, 0.25) is 15.1 Å². The summed E-state index contributed by atoms with van der Waals surface area (Å²) in [4.78, 5) is 104. The number of nitrogens with one attached hydrogen (secondary N) is 2. The minimum Gasteiger partial charge on any atom is -0.487 e. The Hall–Kier alpha value is -12.2. The smallest absolute Gasteiger partial charge is 0.248 e. The molecule has 5 atom stereocenters. The first-order valence-corrected chi connectivity index (χ1v) is 38.0. The number of amides is 6. The summed E-state index contributed by atoms with van der Waals surface area (Å²) in [6.07, 6.45) is 5.39. The first-order valence-electron chi connectivity index (χ1n) is 36.8. The van der Waals surface area contributed by atoms with Gasteiger partial charge in [0.2, 0.25) is 35.4 Å². The van der Waals surface area contributed by atoms with Crippen LogP contribution in [0.25, 0.3) is 61.2 Å². The number of hydrogen-bond acceptors (Lipinski definition) is 17. The molecule has 0 radical (unpaired) electrons. The van der Waals surface area contributed by atoms with E-state index in [1.54, 1.807) is 95.2 Å². The van der Waals surface area contributed by atoms with E-state index in [0.29, 0.717) is 95.6 Å². The molecule has 6 aromatic heterocycles. The van der Waals surface area contributed by atoms with Crippen LogP contribution in [-0.2, 0) is 62.7 Å². The molecule has 0 aliphatic carbocycles.